The lowest BCUT2D eigenvalue weighted by molar-refractivity contribution is 0.864. The molecule has 116 valence electrons. The predicted molar refractivity (Wildman–Crippen MR) is 100 cm³/mol. The Bertz CT molecular complexity index is 897. The molecule has 0 amide bonds. The average Bonchev–Trinajstić information content (AvgIpc) is 2.91. The molecule has 0 bridgehead atoms. The summed E-state index contributed by atoms with van der Waals surface area (Å²) in [5, 5.41) is 2.84. The third kappa shape index (κ3) is 2.20. The molecule has 4 rings (SSSR count). The van der Waals surface area contributed by atoms with E-state index in [-0.39, 0.29) is 0 Å². The van der Waals surface area contributed by atoms with Crippen LogP contribution in [0.15, 0.2) is 48.5 Å². The molecule has 0 aliphatic heterocycles. The second-order valence-corrected chi connectivity index (χ2v) is 7.45. The van der Waals surface area contributed by atoms with Crippen LogP contribution in [0.25, 0.3) is 21.9 Å². The topological polar surface area (TPSA) is 0 Å². The first-order valence-electron chi connectivity index (χ1n) is 8.74. The monoisotopic (exact) mass is 300 g/mol. The van der Waals surface area contributed by atoms with Crippen LogP contribution in [0, 0.1) is 0 Å². The van der Waals surface area contributed by atoms with Crippen molar-refractivity contribution in [2.24, 2.45) is 0 Å². The standard InChI is InChI=1S/C23H24/c1-14(2)16-9-10-19-17(11-16)12-18-13-22(15(3)4)20-7-5-6-8-21(20)23(18)19/h5-11,13-15H,12H2,1-4H3. The molecule has 0 radical (unpaired) electrons. The van der Waals surface area contributed by atoms with Crippen molar-refractivity contribution in [2.75, 3.05) is 0 Å². The first-order chi connectivity index (χ1) is 11.1. The van der Waals surface area contributed by atoms with E-state index in [1.807, 2.05) is 0 Å². The quantitative estimate of drug-likeness (QED) is 0.388. The maximum Gasteiger partial charge on any atom is -0.00130 e. The third-order valence-electron chi connectivity index (χ3n) is 5.23. The van der Waals surface area contributed by atoms with E-state index in [1.165, 1.54) is 44.2 Å². The van der Waals surface area contributed by atoms with Crippen molar-refractivity contribution in [2.45, 2.75) is 46.0 Å². The van der Waals surface area contributed by atoms with Crippen LogP contribution in [0.1, 0.15) is 61.8 Å². The van der Waals surface area contributed by atoms with Gasteiger partial charge < -0.3 is 0 Å². The van der Waals surface area contributed by atoms with Gasteiger partial charge in [-0.15, -0.1) is 0 Å². The van der Waals surface area contributed by atoms with E-state index in [4.69, 9.17) is 0 Å². The van der Waals surface area contributed by atoms with Gasteiger partial charge in [-0.1, -0.05) is 76.2 Å². The van der Waals surface area contributed by atoms with Crippen LogP contribution >= 0.6 is 0 Å². The second kappa shape index (κ2) is 5.23. The van der Waals surface area contributed by atoms with Crippen molar-refractivity contribution in [3.05, 3.63) is 70.8 Å². The first-order valence-corrected chi connectivity index (χ1v) is 8.74. The summed E-state index contributed by atoms with van der Waals surface area (Å²) in [6.45, 7) is 9.15. The van der Waals surface area contributed by atoms with Gasteiger partial charge in [0.25, 0.3) is 0 Å². The lowest BCUT2D eigenvalue weighted by Crippen LogP contribution is -1.93. The number of rotatable bonds is 2. The Morgan fingerprint density at radius 2 is 1.48 bits per heavy atom. The zero-order valence-electron chi connectivity index (χ0n) is 14.5. The molecule has 23 heavy (non-hydrogen) atoms. The first kappa shape index (κ1) is 14.5. The van der Waals surface area contributed by atoms with Gasteiger partial charge in [-0.25, -0.2) is 0 Å². The molecule has 0 saturated carbocycles. The number of hydrogen-bond acceptors (Lipinski definition) is 0. The van der Waals surface area contributed by atoms with E-state index >= 15 is 0 Å². The highest BCUT2D eigenvalue weighted by Crippen LogP contribution is 2.44. The molecule has 0 N–H and O–H groups in total. The Hall–Kier alpha value is -2.08. The van der Waals surface area contributed by atoms with Crippen LogP contribution in [0.2, 0.25) is 0 Å². The fraction of sp³-hybridized carbons (Fsp3) is 0.304. The molecule has 1 aliphatic carbocycles. The highest BCUT2D eigenvalue weighted by molar-refractivity contribution is 6.02. The predicted octanol–water partition coefficient (Wildman–Crippen LogP) is 6.66. The van der Waals surface area contributed by atoms with Crippen LogP contribution in [-0.4, -0.2) is 0 Å². The Labute approximate surface area is 139 Å². The fourth-order valence-electron chi connectivity index (χ4n) is 3.97. The molecular weight excluding hydrogens is 276 g/mol. The molecule has 0 aromatic heterocycles. The average molecular weight is 300 g/mol. The Morgan fingerprint density at radius 1 is 0.739 bits per heavy atom. The minimum Gasteiger partial charge on any atom is -0.0616 e. The van der Waals surface area contributed by atoms with Crippen LogP contribution in [0.4, 0.5) is 0 Å². The van der Waals surface area contributed by atoms with Crippen LogP contribution < -0.4 is 0 Å². The lowest BCUT2D eigenvalue weighted by atomic mass is 9.89. The van der Waals surface area contributed by atoms with Gasteiger partial charge in [-0.3, -0.25) is 0 Å². The Kier molecular flexibility index (Phi) is 3.30. The van der Waals surface area contributed by atoms with Gasteiger partial charge in [0.15, 0.2) is 0 Å². The lowest BCUT2D eigenvalue weighted by Gasteiger charge is -2.15. The minimum absolute atomic E-state index is 0.556. The van der Waals surface area contributed by atoms with Gasteiger partial charge >= 0.3 is 0 Å². The van der Waals surface area contributed by atoms with Gasteiger partial charge in [-0.05, 0) is 62.4 Å². The normalized spacial score (nSPS) is 13.0. The number of fused-ring (bicyclic) bond motifs is 5. The number of benzene rings is 3. The molecule has 0 saturated heterocycles. The summed E-state index contributed by atoms with van der Waals surface area (Å²) in [6, 6.07) is 18.4. The molecule has 0 fully saturated rings. The molecule has 0 unspecified atom stereocenters. The zero-order valence-corrected chi connectivity index (χ0v) is 14.5. The molecule has 0 heterocycles. The molecule has 3 aromatic carbocycles. The molecular formula is C23H24. The van der Waals surface area contributed by atoms with Crippen molar-refractivity contribution in [3.8, 4) is 11.1 Å². The highest BCUT2D eigenvalue weighted by Gasteiger charge is 2.23. The fourth-order valence-corrected chi connectivity index (χ4v) is 3.97. The van der Waals surface area contributed by atoms with Crippen molar-refractivity contribution in [3.63, 3.8) is 0 Å². The van der Waals surface area contributed by atoms with Crippen LogP contribution in [-0.2, 0) is 6.42 Å². The van der Waals surface area contributed by atoms with Crippen molar-refractivity contribution in [1.82, 2.24) is 0 Å². The minimum atomic E-state index is 0.556. The molecule has 0 heteroatoms. The summed E-state index contributed by atoms with van der Waals surface area (Å²) in [7, 11) is 0. The molecule has 3 aromatic rings. The summed E-state index contributed by atoms with van der Waals surface area (Å²) < 4.78 is 0. The molecule has 0 atom stereocenters. The Balaban J connectivity index is 2.01. The molecule has 0 spiro atoms. The Morgan fingerprint density at radius 3 is 2.17 bits per heavy atom. The van der Waals surface area contributed by atoms with Gasteiger partial charge in [0.2, 0.25) is 0 Å². The van der Waals surface area contributed by atoms with Gasteiger partial charge in [0.1, 0.15) is 0 Å². The third-order valence-corrected chi connectivity index (χ3v) is 5.23. The van der Waals surface area contributed by atoms with E-state index in [0.29, 0.717) is 11.8 Å². The summed E-state index contributed by atoms with van der Waals surface area (Å²) in [5.41, 5.74) is 8.84. The van der Waals surface area contributed by atoms with E-state index in [9.17, 15) is 0 Å². The van der Waals surface area contributed by atoms with E-state index in [0.717, 1.165) is 6.42 Å². The van der Waals surface area contributed by atoms with Gasteiger partial charge in [0.05, 0.1) is 0 Å². The van der Waals surface area contributed by atoms with Crippen LogP contribution in [0.5, 0.6) is 0 Å². The van der Waals surface area contributed by atoms with Gasteiger partial charge in [-0.2, -0.15) is 0 Å². The second-order valence-electron chi connectivity index (χ2n) is 7.45. The van der Waals surface area contributed by atoms with Crippen molar-refractivity contribution < 1.29 is 0 Å². The molecule has 1 aliphatic rings. The summed E-state index contributed by atoms with van der Waals surface area (Å²) in [6.07, 6.45) is 1.08. The summed E-state index contributed by atoms with van der Waals surface area (Å²) >= 11 is 0. The highest BCUT2D eigenvalue weighted by atomic mass is 14.3. The maximum atomic E-state index is 2.46. The largest absolute Gasteiger partial charge is 0.0616 e. The van der Waals surface area contributed by atoms with Crippen molar-refractivity contribution >= 4 is 10.8 Å². The summed E-state index contributed by atoms with van der Waals surface area (Å²) in [5.74, 6) is 1.15. The van der Waals surface area contributed by atoms with Crippen LogP contribution in [0.3, 0.4) is 0 Å². The van der Waals surface area contributed by atoms with Gasteiger partial charge in [0, 0.05) is 0 Å². The van der Waals surface area contributed by atoms with Crippen molar-refractivity contribution in [1.29, 1.82) is 0 Å². The number of hydrogen-bond donors (Lipinski definition) is 0. The van der Waals surface area contributed by atoms with E-state index < -0.39 is 0 Å². The smallest absolute Gasteiger partial charge is 0.00130 e. The maximum absolute atomic E-state index is 2.46. The van der Waals surface area contributed by atoms with E-state index in [2.05, 4.69) is 76.2 Å². The zero-order chi connectivity index (χ0) is 16.1. The SMILES string of the molecule is CC(C)c1ccc2c(c1)Cc1cc(C(C)C)c3ccccc3c1-2. The van der Waals surface area contributed by atoms with E-state index in [1.54, 1.807) is 0 Å². The summed E-state index contributed by atoms with van der Waals surface area (Å²) in [4.78, 5) is 0. The molecule has 0 nitrogen and oxygen atoms in total.